The van der Waals surface area contributed by atoms with Gasteiger partial charge in [0.15, 0.2) is 0 Å². The zero-order valence-corrected chi connectivity index (χ0v) is 10.0. The molecule has 0 aromatic carbocycles. The molecule has 0 radical (unpaired) electrons. The fraction of sp³-hybridized carbons (Fsp3) is 0.0769. The Hall–Kier alpha value is -2.05. The second-order valence-electron chi connectivity index (χ2n) is 3.55. The number of hydrogen-bond donors (Lipinski definition) is 0. The minimum atomic E-state index is 0.532. The molecule has 0 amide bonds. The standard InChI is InChI=1S/C13H10ClN3/c1-17-9-10(14)5-6-13(17)11(8-15)12-4-2-3-7-16-12/h2-7,9H,1H3/b13-11+. The van der Waals surface area contributed by atoms with Gasteiger partial charge < -0.3 is 4.90 Å². The third kappa shape index (κ3) is 2.38. The number of likely N-dealkylation sites (N-methyl/N-ethyl adjacent to an activating group) is 1. The lowest BCUT2D eigenvalue weighted by Gasteiger charge is -2.20. The van der Waals surface area contributed by atoms with E-state index in [1.54, 1.807) is 18.5 Å². The van der Waals surface area contributed by atoms with Gasteiger partial charge in [-0.3, -0.25) is 4.98 Å². The molecule has 3 nitrogen and oxygen atoms in total. The van der Waals surface area contributed by atoms with Gasteiger partial charge in [0.2, 0.25) is 0 Å². The summed E-state index contributed by atoms with van der Waals surface area (Å²) in [6.07, 6.45) is 7.01. The van der Waals surface area contributed by atoms with Crippen LogP contribution in [0, 0.1) is 11.3 Å². The van der Waals surface area contributed by atoms with Gasteiger partial charge in [-0.2, -0.15) is 5.26 Å². The molecular formula is C13H10ClN3. The summed E-state index contributed by atoms with van der Waals surface area (Å²) in [6, 6.07) is 7.67. The van der Waals surface area contributed by atoms with Crippen LogP contribution in [0.4, 0.5) is 0 Å². The van der Waals surface area contributed by atoms with Crippen molar-refractivity contribution in [1.29, 1.82) is 5.26 Å². The van der Waals surface area contributed by atoms with Crippen molar-refractivity contribution in [3.63, 3.8) is 0 Å². The largest absolute Gasteiger partial charge is 0.348 e. The van der Waals surface area contributed by atoms with Crippen LogP contribution >= 0.6 is 11.6 Å². The van der Waals surface area contributed by atoms with Crippen molar-refractivity contribution in [3.05, 3.63) is 59.2 Å². The fourth-order valence-electron chi connectivity index (χ4n) is 1.59. The smallest absolute Gasteiger partial charge is 0.104 e. The third-order valence-electron chi connectivity index (χ3n) is 2.39. The van der Waals surface area contributed by atoms with E-state index in [9.17, 15) is 5.26 Å². The van der Waals surface area contributed by atoms with Gasteiger partial charge in [-0.15, -0.1) is 0 Å². The molecule has 1 aromatic heterocycles. The Bertz CT molecular complexity index is 550. The van der Waals surface area contributed by atoms with Crippen molar-refractivity contribution < 1.29 is 0 Å². The van der Waals surface area contributed by atoms with Gasteiger partial charge >= 0.3 is 0 Å². The first-order valence-electron chi connectivity index (χ1n) is 5.06. The number of nitrogens with zero attached hydrogens (tertiary/aromatic N) is 3. The molecule has 2 heterocycles. The van der Waals surface area contributed by atoms with Crippen molar-refractivity contribution in [2.75, 3.05) is 7.05 Å². The second kappa shape index (κ2) is 4.86. The molecule has 1 aliphatic rings. The average Bonchev–Trinajstić information content (AvgIpc) is 2.34. The molecule has 0 atom stereocenters. The van der Waals surface area contributed by atoms with Crippen molar-refractivity contribution in [3.8, 4) is 6.07 Å². The number of aromatic nitrogens is 1. The van der Waals surface area contributed by atoms with Gasteiger partial charge in [0.25, 0.3) is 0 Å². The lowest BCUT2D eigenvalue weighted by atomic mass is 10.1. The number of hydrogen-bond acceptors (Lipinski definition) is 3. The van der Waals surface area contributed by atoms with Gasteiger partial charge in [-0.1, -0.05) is 17.7 Å². The molecule has 0 saturated carbocycles. The average molecular weight is 244 g/mol. The Balaban J connectivity index is 2.51. The van der Waals surface area contributed by atoms with Crippen LogP contribution in [0.1, 0.15) is 5.69 Å². The summed E-state index contributed by atoms with van der Waals surface area (Å²) in [7, 11) is 1.85. The molecular weight excluding hydrogens is 234 g/mol. The third-order valence-corrected chi connectivity index (χ3v) is 2.61. The van der Waals surface area contributed by atoms with E-state index in [0.29, 0.717) is 16.3 Å². The summed E-state index contributed by atoms with van der Waals surface area (Å²) in [5.41, 5.74) is 1.98. The van der Waals surface area contributed by atoms with Crippen LogP contribution in [-0.2, 0) is 0 Å². The number of rotatable bonds is 1. The highest BCUT2D eigenvalue weighted by Crippen LogP contribution is 2.24. The number of pyridine rings is 1. The molecule has 17 heavy (non-hydrogen) atoms. The molecule has 0 N–H and O–H groups in total. The van der Waals surface area contributed by atoms with Crippen LogP contribution in [0.25, 0.3) is 5.57 Å². The predicted octanol–water partition coefficient (Wildman–Crippen LogP) is 2.90. The highest BCUT2D eigenvalue weighted by molar-refractivity contribution is 6.31. The van der Waals surface area contributed by atoms with E-state index < -0.39 is 0 Å². The molecule has 0 unspecified atom stereocenters. The monoisotopic (exact) mass is 243 g/mol. The second-order valence-corrected chi connectivity index (χ2v) is 3.98. The minimum absolute atomic E-state index is 0.532. The Labute approximate surface area is 105 Å². The molecule has 84 valence electrons. The van der Waals surface area contributed by atoms with Crippen molar-refractivity contribution in [2.45, 2.75) is 0 Å². The van der Waals surface area contributed by atoms with E-state index >= 15 is 0 Å². The van der Waals surface area contributed by atoms with E-state index in [0.717, 1.165) is 5.70 Å². The maximum atomic E-state index is 9.25. The Morgan fingerprint density at radius 3 is 2.82 bits per heavy atom. The summed E-state index contributed by atoms with van der Waals surface area (Å²) in [5, 5.41) is 9.89. The van der Waals surface area contributed by atoms with E-state index in [1.165, 1.54) is 0 Å². The number of nitriles is 1. The van der Waals surface area contributed by atoms with Crippen LogP contribution in [-0.4, -0.2) is 16.9 Å². The van der Waals surface area contributed by atoms with Gasteiger partial charge in [0, 0.05) is 19.4 Å². The van der Waals surface area contributed by atoms with Gasteiger partial charge in [-0.05, 0) is 24.3 Å². The molecule has 4 heteroatoms. The van der Waals surface area contributed by atoms with Crippen LogP contribution in [0.2, 0.25) is 0 Å². The van der Waals surface area contributed by atoms with Crippen molar-refractivity contribution in [2.24, 2.45) is 0 Å². The Morgan fingerprint density at radius 1 is 1.41 bits per heavy atom. The molecule has 1 aromatic rings. The van der Waals surface area contributed by atoms with E-state index in [-0.39, 0.29) is 0 Å². The van der Waals surface area contributed by atoms with Crippen LogP contribution in [0.5, 0.6) is 0 Å². The highest BCUT2D eigenvalue weighted by atomic mass is 35.5. The first-order chi connectivity index (χ1) is 8.22. The first-order valence-corrected chi connectivity index (χ1v) is 5.44. The lowest BCUT2D eigenvalue weighted by molar-refractivity contribution is 0.585. The number of halogens is 1. The Kier molecular flexibility index (Phi) is 3.27. The molecule has 0 bridgehead atoms. The molecule has 1 aliphatic heterocycles. The normalized spacial score (nSPS) is 17.5. The number of allylic oxidation sites excluding steroid dienone is 4. The van der Waals surface area contributed by atoms with Crippen LogP contribution in [0.15, 0.2) is 53.5 Å². The van der Waals surface area contributed by atoms with Gasteiger partial charge in [0.05, 0.1) is 16.4 Å². The zero-order valence-electron chi connectivity index (χ0n) is 9.26. The molecule has 0 fully saturated rings. The lowest BCUT2D eigenvalue weighted by Crippen LogP contribution is -2.13. The maximum absolute atomic E-state index is 9.25. The van der Waals surface area contributed by atoms with Gasteiger partial charge in [-0.25, -0.2) is 0 Å². The molecule has 2 rings (SSSR count). The first kappa shape index (κ1) is 11.4. The molecule has 0 spiro atoms. The summed E-state index contributed by atoms with van der Waals surface area (Å²) >= 11 is 5.88. The minimum Gasteiger partial charge on any atom is -0.348 e. The van der Waals surface area contributed by atoms with E-state index in [2.05, 4.69) is 11.1 Å². The van der Waals surface area contributed by atoms with Crippen LogP contribution in [0.3, 0.4) is 0 Å². The molecule has 0 aliphatic carbocycles. The summed E-state index contributed by atoms with van der Waals surface area (Å²) in [5.74, 6) is 0. The summed E-state index contributed by atoms with van der Waals surface area (Å²) < 4.78 is 0. The highest BCUT2D eigenvalue weighted by Gasteiger charge is 2.13. The topological polar surface area (TPSA) is 39.9 Å². The van der Waals surface area contributed by atoms with Crippen LogP contribution < -0.4 is 0 Å². The Morgan fingerprint density at radius 2 is 2.24 bits per heavy atom. The van der Waals surface area contributed by atoms with Crippen molar-refractivity contribution >= 4 is 17.2 Å². The fourth-order valence-corrected chi connectivity index (χ4v) is 1.80. The predicted molar refractivity (Wildman–Crippen MR) is 67.6 cm³/mol. The van der Waals surface area contributed by atoms with E-state index in [1.807, 2.05) is 36.2 Å². The van der Waals surface area contributed by atoms with Crippen molar-refractivity contribution in [1.82, 2.24) is 9.88 Å². The van der Waals surface area contributed by atoms with Gasteiger partial charge in [0.1, 0.15) is 11.6 Å². The SMILES string of the molecule is CN1C=C(Cl)C=C/C1=C(/C#N)c1ccccn1. The summed E-state index contributed by atoms with van der Waals surface area (Å²) in [6.45, 7) is 0. The molecule has 0 saturated heterocycles. The quantitative estimate of drug-likeness (QED) is 0.712. The maximum Gasteiger partial charge on any atom is 0.104 e. The summed E-state index contributed by atoms with van der Waals surface area (Å²) in [4.78, 5) is 6.00. The van der Waals surface area contributed by atoms with E-state index in [4.69, 9.17) is 11.6 Å². The zero-order chi connectivity index (χ0) is 12.3.